The van der Waals surface area contributed by atoms with Gasteiger partial charge < -0.3 is 18.2 Å². The third-order valence-corrected chi connectivity index (χ3v) is 11.5. The van der Waals surface area contributed by atoms with Gasteiger partial charge in [0.05, 0.1) is 22.1 Å². The topological polar surface area (TPSA) is 42.7 Å². The van der Waals surface area contributed by atoms with Crippen LogP contribution in [0.2, 0.25) is 0 Å². The molecule has 3 aromatic heterocycles. The van der Waals surface area contributed by atoms with Gasteiger partial charge in [-0.05, 0) is 82.9 Å². The van der Waals surface area contributed by atoms with Gasteiger partial charge in [-0.1, -0.05) is 140 Å². The minimum Gasteiger partial charge on any atom is -0.456 e. The van der Waals surface area contributed by atoms with Crippen LogP contribution in [-0.2, 0) is 0 Å². The molecule has 4 nitrogen and oxygen atoms in total. The molecule has 272 valence electrons. The van der Waals surface area contributed by atoms with Crippen LogP contribution in [0.3, 0.4) is 0 Å². The number of anilines is 3. The molecule has 0 spiro atoms. The number of para-hydroxylation sites is 2. The zero-order valence-corrected chi connectivity index (χ0v) is 31.2. The first-order valence-electron chi connectivity index (χ1n) is 19.6. The predicted molar refractivity (Wildman–Crippen MR) is 239 cm³/mol. The van der Waals surface area contributed by atoms with Crippen molar-refractivity contribution >= 4 is 82.9 Å². The molecule has 58 heavy (non-hydrogen) atoms. The van der Waals surface area contributed by atoms with Crippen LogP contribution in [0.4, 0.5) is 17.1 Å². The van der Waals surface area contributed by atoms with Gasteiger partial charge in [0.15, 0.2) is 0 Å². The van der Waals surface area contributed by atoms with Crippen LogP contribution in [0.1, 0.15) is 0 Å². The van der Waals surface area contributed by atoms with Gasteiger partial charge in [0, 0.05) is 38.4 Å². The van der Waals surface area contributed by atoms with Crippen molar-refractivity contribution in [3.63, 3.8) is 0 Å². The number of benzene rings is 9. The van der Waals surface area contributed by atoms with Crippen molar-refractivity contribution in [3.05, 3.63) is 200 Å². The summed E-state index contributed by atoms with van der Waals surface area (Å²) in [5, 5.41) is 6.28. The number of hydrogen-bond donors (Lipinski definition) is 0. The highest BCUT2D eigenvalue weighted by Gasteiger charge is 2.26. The van der Waals surface area contributed by atoms with Gasteiger partial charge in [0.2, 0.25) is 0 Å². The van der Waals surface area contributed by atoms with E-state index in [2.05, 4.69) is 181 Å². The van der Waals surface area contributed by atoms with Crippen molar-refractivity contribution in [2.45, 2.75) is 0 Å². The van der Waals surface area contributed by atoms with Crippen LogP contribution >= 0.6 is 0 Å². The highest BCUT2D eigenvalue weighted by atomic mass is 16.3. The van der Waals surface area contributed by atoms with Crippen molar-refractivity contribution in [1.29, 1.82) is 0 Å². The fourth-order valence-electron chi connectivity index (χ4n) is 8.82. The van der Waals surface area contributed by atoms with Gasteiger partial charge >= 0.3 is 0 Å². The Balaban J connectivity index is 1.17. The monoisotopic (exact) mass is 743 g/mol. The maximum absolute atomic E-state index is 7.02. The third-order valence-electron chi connectivity index (χ3n) is 11.5. The van der Waals surface area contributed by atoms with Crippen LogP contribution < -0.4 is 4.90 Å². The molecule has 0 aliphatic carbocycles. The molecule has 0 aliphatic heterocycles. The Kier molecular flexibility index (Phi) is 7.20. The van der Waals surface area contributed by atoms with Crippen LogP contribution in [0.15, 0.2) is 213 Å². The van der Waals surface area contributed by atoms with Crippen molar-refractivity contribution in [3.8, 4) is 33.4 Å². The van der Waals surface area contributed by atoms with E-state index in [9.17, 15) is 0 Å². The van der Waals surface area contributed by atoms with Gasteiger partial charge in [-0.15, -0.1) is 0 Å². The first-order valence-corrected chi connectivity index (χ1v) is 19.6. The van der Waals surface area contributed by atoms with E-state index in [1.54, 1.807) is 0 Å². The number of hydrogen-bond acceptors (Lipinski definition) is 4. The Morgan fingerprint density at radius 3 is 1.69 bits per heavy atom. The Morgan fingerprint density at radius 2 is 0.897 bits per heavy atom. The van der Waals surface area contributed by atoms with E-state index in [0.717, 1.165) is 116 Å². The number of furan rings is 3. The minimum absolute atomic E-state index is 0.827. The second-order valence-electron chi connectivity index (χ2n) is 14.8. The Morgan fingerprint density at radius 1 is 0.293 bits per heavy atom. The third kappa shape index (κ3) is 5.02. The van der Waals surface area contributed by atoms with E-state index in [4.69, 9.17) is 13.3 Å². The lowest BCUT2D eigenvalue weighted by molar-refractivity contribution is 0.669. The molecule has 0 amide bonds. The van der Waals surface area contributed by atoms with E-state index < -0.39 is 0 Å². The molecule has 0 N–H and O–H groups in total. The van der Waals surface area contributed by atoms with E-state index in [0.29, 0.717) is 0 Å². The van der Waals surface area contributed by atoms with Crippen LogP contribution in [-0.4, -0.2) is 0 Å². The average molecular weight is 744 g/mol. The zero-order valence-electron chi connectivity index (χ0n) is 31.2. The number of fused-ring (bicyclic) bond motifs is 9. The molecule has 9 aromatic carbocycles. The largest absolute Gasteiger partial charge is 0.456 e. The van der Waals surface area contributed by atoms with Gasteiger partial charge in [0.25, 0.3) is 0 Å². The SMILES string of the molecule is c1ccc(-c2ccc3c(c2)oc2c(-c4ccccc4)ccc(N(c4ccc5oc6c(-c7ccccc7)cccc6c5c4)c4cccc5oc6ccccc6c45)c23)cc1. The number of nitrogens with zero attached hydrogens (tertiary/aromatic N) is 1. The summed E-state index contributed by atoms with van der Waals surface area (Å²) in [4.78, 5) is 2.38. The van der Waals surface area contributed by atoms with Gasteiger partial charge in [0.1, 0.15) is 33.5 Å². The summed E-state index contributed by atoms with van der Waals surface area (Å²) in [7, 11) is 0. The number of rotatable bonds is 6. The summed E-state index contributed by atoms with van der Waals surface area (Å²) in [5.74, 6) is 0. The van der Waals surface area contributed by atoms with Gasteiger partial charge in [-0.25, -0.2) is 0 Å². The van der Waals surface area contributed by atoms with E-state index >= 15 is 0 Å². The molecule has 3 heterocycles. The molecular formula is C54H33NO3. The summed E-state index contributed by atoms with van der Waals surface area (Å²) >= 11 is 0. The zero-order chi connectivity index (χ0) is 38.2. The molecule has 0 fully saturated rings. The maximum atomic E-state index is 7.02. The Hall–Kier alpha value is -7.82. The highest BCUT2D eigenvalue weighted by molar-refractivity contribution is 6.21. The Labute approximate surface area is 333 Å². The standard InChI is InChI=1S/C54H33NO3/c1-4-14-34(15-5-1)37-26-28-43-50(32-37)58-54-40(36-18-8-3-9-19-36)29-30-46(52(43)54)55(45-23-13-25-49-51(45)42-20-10-11-24-47(42)56-49)38-27-31-48-44(33-38)41-22-12-21-39(53(41)57-48)35-16-6-2-7-17-35/h1-33H. The van der Waals surface area contributed by atoms with E-state index in [1.807, 2.05) is 24.3 Å². The van der Waals surface area contributed by atoms with Gasteiger partial charge in [-0.2, -0.15) is 0 Å². The summed E-state index contributed by atoms with van der Waals surface area (Å²) in [5.41, 5.74) is 14.6. The molecular weight excluding hydrogens is 711 g/mol. The molecule has 0 atom stereocenters. The minimum atomic E-state index is 0.827. The lowest BCUT2D eigenvalue weighted by atomic mass is 9.98. The lowest BCUT2D eigenvalue weighted by Gasteiger charge is -2.27. The maximum Gasteiger partial charge on any atom is 0.145 e. The molecule has 0 bridgehead atoms. The molecule has 0 saturated carbocycles. The van der Waals surface area contributed by atoms with Gasteiger partial charge in [-0.3, -0.25) is 0 Å². The van der Waals surface area contributed by atoms with Crippen molar-refractivity contribution in [1.82, 2.24) is 0 Å². The molecule has 12 aromatic rings. The lowest BCUT2D eigenvalue weighted by Crippen LogP contribution is -2.11. The highest BCUT2D eigenvalue weighted by Crippen LogP contribution is 2.50. The smallest absolute Gasteiger partial charge is 0.145 e. The van der Waals surface area contributed by atoms with Crippen LogP contribution in [0.5, 0.6) is 0 Å². The summed E-state index contributed by atoms with van der Waals surface area (Å²) in [6, 6.07) is 70.0. The first kappa shape index (κ1) is 32.4. The fraction of sp³-hybridized carbons (Fsp3) is 0. The quantitative estimate of drug-likeness (QED) is 0.170. The van der Waals surface area contributed by atoms with Crippen molar-refractivity contribution < 1.29 is 13.3 Å². The summed E-state index contributed by atoms with van der Waals surface area (Å²) in [6.07, 6.45) is 0. The molecule has 0 saturated heterocycles. The first-order chi connectivity index (χ1) is 28.8. The second-order valence-corrected chi connectivity index (χ2v) is 14.8. The molecule has 0 unspecified atom stereocenters. The van der Waals surface area contributed by atoms with Crippen LogP contribution in [0, 0.1) is 0 Å². The van der Waals surface area contributed by atoms with E-state index in [1.165, 1.54) is 0 Å². The second kappa shape index (κ2) is 12.9. The predicted octanol–water partition coefficient (Wildman–Crippen LogP) is 15.9. The van der Waals surface area contributed by atoms with Crippen molar-refractivity contribution in [2.75, 3.05) is 4.90 Å². The molecule has 4 heteroatoms. The van der Waals surface area contributed by atoms with E-state index in [-0.39, 0.29) is 0 Å². The molecule has 12 rings (SSSR count). The summed E-state index contributed by atoms with van der Waals surface area (Å²) in [6.45, 7) is 0. The average Bonchev–Trinajstić information content (AvgIpc) is 3.99. The van der Waals surface area contributed by atoms with Crippen molar-refractivity contribution in [2.24, 2.45) is 0 Å². The Bertz CT molecular complexity index is 3500. The summed E-state index contributed by atoms with van der Waals surface area (Å²) < 4.78 is 20.2. The van der Waals surface area contributed by atoms with Crippen LogP contribution in [0.25, 0.3) is 99.2 Å². The fourth-order valence-corrected chi connectivity index (χ4v) is 8.82. The normalized spacial score (nSPS) is 11.8. The molecule has 0 aliphatic rings. The molecule has 0 radical (unpaired) electrons.